The summed E-state index contributed by atoms with van der Waals surface area (Å²) in [6.45, 7) is 6.70. The minimum atomic E-state index is 0.626. The van der Waals surface area contributed by atoms with E-state index in [1.54, 1.807) is 0 Å². The van der Waals surface area contributed by atoms with Gasteiger partial charge in [-0.3, -0.25) is 4.98 Å². The van der Waals surface area contributed by atoms with E-state index in [-0.39, 0.29) is 0 Å². The first-order chi connectivity index (χ1) is 17.7. The van der Waals surface area contributed by atoms with Gasteiger partial charge in [-0.25, -0.2) is 0 Å². The molecule has 1 aliphatic heterocycles. The number of pyridine rings is 1. The number of allylic oxidation sites excluding steroid dienone is 4. The maximum Gasteiger partial charge on any atom is 0.119 e. The molecule has 6 rings (SSSR count). The largest absolute Gasteiger partial charge is 0.492 e. The fourth-order valence-electron chi connectivity index (χ4n) is 5.31. The van der Waals surface area contributed by atoms with Gasteiger partial charge in [0, 0.05) is 53.0 Å². The number of rotatable bonds is 6. The van der Waals surface area contributed by atoms with Crippen molar-refractivity contribution in [3.8, 4) is 5.75 Å². The van der Waals surface area contributed by atoms with Gasteiger partial charge in [-0.1, -0.05) is 42.5 Å². The summed E-state index contributed by atoms with van der Waals surface area (Å²) in [5.41, 5.74) is 6.41. The number of ether oxygens (including phenoxy) is 1. The Balaban J connectivity index is 1.30. The summed E-state index contributed by atoms with van der Waals surface area (Å²) < 4.78 is 8.49. The highest BCUT2D eigenvalue weighted by atomic mass is 16.5. The maximum absolute atomic E-state index is 6.02. The number of hydrogen-bond acceptors (Lipinski definition) is 3. The Morgan fingerprint density at radius 2 is 1.56 bits per heavy atom. The molecule has 0 spiro atoms. The molecular formula is C32H29N3O. The number of para-hydroxylation sites is 1. The van der Waals surface area contributed by atoms with Crippen LogP contribution >= 0.6 is 0 Å². The Morgan fingerprint density at radius 1 is 0.778 bits per heavy atom. The zero-order valence-electron chi connectivity index (χ0n) is 20.7. The molecule has 4 heteroatoms. The molecule has 0 N–H and O–H groups in total. The fourth-order valence-corrected chi connectivity index (χ4v) is 5.31. The third-order valence-electron chi connectivity index (χ3n) is 7.10. The van der Waals surface area contributed by atoms with Crippen molar-refractivity contribution in [1.29, 1.82) is 0 Å². The molecule has 0 aliphatic carbocycles. The van der Waals surface area contributed by atoms with Crippen molar-refractivity contribution in [3.05, 3.63) is 120 Å². The Bertz CT molecular complexity index is 1640. The van der Waals surface area contributed by atoms with E-state index in [0.29, 0.717) is 6.61 Å². The second kappa shape index (κ2) is 9.38. The van der Waals surface area contributed by atoms with Crippen molar-refractivity contribution in [2.75, 3.05) is 13.2 Å². The average Bonchev–Trinajstić information content (AvgIpc) is 3.04. The van der Waals surface area contributed by atoms with Crippen molar-refractivity contribution in [2.24, 2.45) is 0 Å². The first kappa shape index (κ1) is 22.2. The van der Waals surface area contributed by atoms with Crippen LogP contribution in [0.2, 0.25) is 0 Å². The summed E-state index contributed by atoms with van der Waals surface area (Å²) in [5.74, 6) is 0.896. The lowest BCUT2D eigenvalue weighted by Crippen LogP contribution is -2.17. The molecule has 5 aromatic rings. The lowest BCUT2D eigenvalue weighted by atomic mass is 9.97. The third-order valence-corrected chi connectivity index (χ3v) is 7.10. The second-order valence-corrected chi connectivity index (χ2v) is 9.30. The standard InChI is InChI=1S/C32H29N3O/c1-23-29-21-33-16-15-27(29)24(2)32-31(23)28-9-5-6-10-30(28)35(32)22-25-11-13-26(14-12-25)36-20-19-34-17-7-3-4-8-18-34/h3-18,21H,19-20,22H2,1-2H3. The van der Waals surface area contributed by atoms with Gasteiger partial charge in [-0.15, -0.1) is 0 Å². The SMILES string of the molecule is Cc1c2cnccc2c(C)c2c1c1ccccc1n2Cc1ccc(OCCN2C=CC=CC=C2)cc1. The summed E-state index contributed by atoms with van der Waals surface area (Å²) in [7, 11) is 0. The average molecular weight is 472 g/mol. The predicted molar refractivity (Wildman–Crippen MR) is 149 cm³/mol. The zero-order valence-corrected chi connectivity index (χ0v) is 20.7. The van der Waals surface area contributed by atoms with E-state index >= 15 is 0 Å². The molecule has 0 radical (unpaired) electrons. The molecule has 0 saturated heterocycles. The molecule has 1 aliphatic rings. The second-order valence-electron chi connectivity index (χ2n) is 9.30. The van der Waals surface area contributed by atoms with Crippen LogP contribution in [0.25, 0.3) is 32.6 Å². The topological polar surface area (TPSA) is 30.3 Å². The molecular weight excluding hydrogens is 442 g/mol. The highest BCUT2D eigenvalue weighted by Gasteiger charge is 2.18. The normalized spacial score (nSPS) is 13.2. The van der Waals surface area contributed by atoms with Crippen LogP contribution in [0.5, 0.6) is 5.75 Å². The fraction of sp³-hybridized carbons (Fsp3) is 0.156. The van der Waals surface area contributed by atoms with Crippen LogP contribution < -0.4 is 4.74 Å². The molecule has 36 heavy (non-hydrogen) atoms. The Kier molecular flexibility index (Phi) is 5.78. The molecule has 0 fully saturated rings. The van der Waals surface area contributed by atoms with E-state index in [4.69, 9.17) is 4.74 Å². The Hall–Kier alpha value is -4.31. The van der Waals surface area contributed by atoms with Crippen molar-refractivity contribution in [3.63, 3.8) is 0 Å². The van der Waals surface area contributed by atoms with E-state index in [2.05, 4.69) is 95.3 Å². The summed E-state index contributed by atoms with van der Waals surface area (Å²) >= 11 is 0. The highest BCUT2D eigenvalue weighted by molar-refractivity contribution is 6.16. The number of fused-ring (bicyclic) bond motifs is 4. The van der Waals surface area contributed by atoms with Crippen molar-refractivity contribution < 1.29 is 4.74 Å². The first-order valence-electron chi connectivity index (χ1n) is 12.4. The molecule has 4 nitrogen and oxygen atoms in total. The van der Waals surface area contributed by atoms with Crippen molar-refractivity contribution >= 4 is 32.6 Å². The van der Waals surface area contributed by atoms with Crippen LogP contribution in [-0.2, 0) is 6.54 Å². The number of aromatic nitrogens is 2. The van der Waals surface area contributed by atoms with Crippen molar-refractivity contribution in [1.82, 2.24) is 14.5 Å². The molecule has 3 heterocycles. The summed E-state index contributed by atoms with van der Waals surface area (Å²) in [6, 6.07) is 19.4. The van der Waals surface area contributed by atoms with E-state index in [0.717, 1.165) is 18.8 Å². The number of benzene rings is 3. The zero-order chi connectivity index (χ0) is 24.5. The number of hydrogen-bond donors (Lipinski definition) is 0. The van der Waals surface area contributed by atoms with Crippen LogP contribution in [-0.4, -0.2) is 27.6 Å². The van der Waals surface area contributed by atoms with E-state index in [1.807, 2.05) is 36.7 Å². The molecule has 0 unspecified atom stereocenters. The van der Waals surface area contributed by atoms with Gasteiger partial charge in [0.05, 0.1) is 12.1 Å². The van der Waals surface area contributed by atoms with Crippen LogP contribution in [0, 0.1) is 13.8 Å². The quantitative estimate of drug-likeness (QED) is 0.261. The van der Waals surface area contributed by atoms with Gasteiger partial charge in [0.25, 0.3) is 0 Å². The van der Waals surface area contributed by atoms with Crippen LogP contribution in [0.1, 0.15) is 16.7 Å². The Morgan fingerprint density at radius 3 is 2.36 bits per heavy atom. The van der Waals surface area contributed by atoms with Gasteiger partial charge in [-0.2, -0.15) is 0 Å². The predicted octanol–water partition coefficient (Wildman–Crippen LogP) is 7.29. The van der Waals surface area contributed by atoms with Crippen LogP contribution in [0.3, 0.4) is 0 Å². The number of aryl methyl sites for hydroxylation is 2. The van der Waals surface area contributed by atoms with Crippen molar-refractivity contribution in [2.45, 2.75) is 20.4 Å². The highest BCUT2D eigenvalue weighted by Crippen LogP contribution is 2.38. The molecule has 0 amide bonds. The Labute approximate surface area is 211 Å². The molecule has 178 valence electrons. The monoisotopic (exact) mass is 471 g/mol. The van der Waals surface area contributed by atoms with Crippen LogP contribution in [0.15, 0.2) is 104 Å². The first-order valence-corrected chi connectivity index (χ1v) is 12.4. The number of nitrogens with zero attached hydrogens (tertiary/aromatic N) is 3. The minimum Gasteiger partial charge on any atom is -0.492 e. The van der Waals surface area contributed by atoms with E-state index in [9.17, 15) is 0 Å². The summed E-state index contributed by atoms with van der Waals surface area (Å²) in [4.78, 5) is 6.53. The van der Waals surface area contributed by atoms with E-state index in [1.165, 1.54) is 49.3 Å². The summed E-state index contributed by atoms with van der Waals surface area (Å²) in [6.07, 6.45) is 16.1. The van der Waals surface area contributed by atoms with Crippen LogP contribution in [0.4, 0.5) is 0 Å². The lowest BCUT2D eigenvalue weighted by molar-refractivity contribution is 0.284. The smallest absolute Gasteiger partial charge is 0.119 e. The molecule has 0 saturated carbocycles. The third kappa shape index (κ3) is 3.95. The van der Waals surface area contributed by atoms with E-state index < -0.39 is 0 Å². The maximum atomic E-state index is 6.02. The van der Waals surface area contributed by atoms with Gasteiger partial charge in [0.15, 0.2) is 0 Å². The molecule has 2 aromatic heterocycles. The van der Waals surface area contributed by atoms with Gasteiger partial charge in [-0.05, 0) is 72.3 Å². The van der Waals surface area contributed by atoms with Gasteiger partial charge >= 0.3 is 0 Å². The molecule has 0 atom stereocenters. The summed E-state index contributed by atoms with van der Waals surface area (Å²) in [5, 5.41) is 5.13. The molecule has 3 aromatic carbocycles. The lowest BCUT2D eigenvalue weighted by Gasteiger charge is -2.16. The van der Waals surface area contributed by atoms with Gasteiger partial charge in [0.1, 0.15) is 12.4 Å². The van der Waals surface area contributed by atoms with Gasteiger partial charge < -0.3 is 14.2 Å². The van der Waals surface area contributed by atoms with Gasteiger partial charge in [0.2, 0.25) is 0 Å². The minimum absolute atomic E-state index is 0.626. The molecule has 0 bridgehead atoms.